The van der Waals surface area contributed by atoms with Crippen LogP contribution < -0.4 is 0 Å². The Morgan fingerprint density at radius 1 is 1.04 bits per heavy atom. The summed E-state index contributed by atoms with van der Waals surface area (Å²) in [6.07, 6.45) is 14.4. The fraction of sp³-hybridized carbons (Fsp3) is 0.870. The number of Topliss-reactive ketones (excluding diaryl/α,β-unsaturated/α-hetero) is 1. The highest BCUT2D eigenvalue weighted by molar-refractivity contribution is 5.93. The average Bonchev–Trinajstić information content (AvgIpc) is 2.72. The van der Waals surface area contributed by atoms with Crippen LogP contribution >= 0.6 is 0 Å². The summed E-state index contributed by atoms with van der Waals surface area (Å²) in [6, 6.07) is 0. The third-order valence-electron chi connectivity index (χ3n) is 8.59. The van der Waals surface area contributed by atoms with Crippen LogP contribution in [0.3, 0.4) is 0 Å². The normalized spacial score (nSPS) is 49.9. The van der Waals surface area contributed by atoms with E-state index in [-0.39, 0.29) is 5.41 Å². The largest absolute Gasteiger partial charge is 0.390 e. The van der Waals surface area contributed by atoms with Crippen LogP contribution in [0.25, 0.3) is 0 Å². The lowest BCUT2D eigenvalue weighted by atomic mass is 9.49. The van der Waals surface area contributed by atoms with Gasteiger partial charge in [0.25, 0.3) is 0 Å². The van der Waals surface area contributed by atoms with Crippen LogP contribution in [0.2, 0.25) is 0 Å². The van der Waals surface area contributed by atoms with Crippen LogP contribution in [0, 0.1) is 35.0 Å². The lowest BCUT2D eigenvalue weighted by molar-refractivity contribution is -0.113. The van der Waals surface area contributed by atoms with Crippen molar-refractivity contribution < 1.29 is 9.90 Å². The Labute approximate surface area is 153 Å². The van der Waals surface area contributed by atoms with Gasteiger partial charge in [-0.2, -0.15) is 0 Å². The first-order valence-corrected chi connectivity index (χ1v) is 10.7. The molecule has 0 radical (unpaired) electrons. The first-order valence-electron chi connectivity index (χ1n) is 10.7. The van der Waals surface area contributed by atoms with Gasteiger partial charge in [-0.25, -0.2) is 0 Å². The molecule has 0 amide bonds. The second-order valence-corrected chi connectivity index (χ2v) is 10.3. The molecule has 0 aliphatic heterocycles. The van der Waals surface area contributed by atoms with E-state index in [2.05, 4.69) is 13.0 Å². The molecule has 4 aliphatic carbocycles. The number of hydrogen-bond donors (Lipinski definition) is 1. The Morgan fingerprint density at radius 2 is 1.80 bits per heavy atom. The fourth-order valence-electron chi connectivity index (χ4n) is 7.41. The number of allylic oxidation sites excluding steroid dienone is 2. The summed E-state index contributed by atoms with van der Waals surface area (Å²) < 4.78 is 0. The summed E-state index contributed by atoms with van der Waals surface area (Å²) in [5.41, 5.74) is 0.926. The molecule has 0 unspecified atom stereocenters. The average molecular weight is 345 g/mol. The van der Waals surface area contributed by atoms with E-state index in [0.717, 1.165) is 54.4 Å². The van der Waals surface area contributed by atoms with Crippen LogP contribution in [0.15, 0.2) is 11.6 Å². The predicted octanol–water partition coefficient (Wildman–Crippen LogP) is 5.30. The molecule has 1 N–H and O–H groups in total. The van der Waals surface area contributed by atoms with E-state index in [4.69, 9.17) is 0 Å². The smallest absolute Gasteiger partial charge is 0.155 e. The van der Waals surface area contributed by atoms with Gasteiger partial charge in [0.2, 0.25) is 0 Å². The highest BCUT2D eigenvalue weighted by atomic mass is 16.3. The Bertz CT molecular complexity index is 575. The molecule has 3 saturated carbocycles. The molecule has 0 saturated heterocycles. The molecule has 2 nitrogen and oxygen atoms in total. The minimum Gasteiger partial charge on any atom is -0.390 e. The van der Waals surface area contributed by atoms with Gasteiger partial charge in [-0.3, -0.25) is 4.79 Å². The third-order valence-corrected chi connectivity index (χ3v) is 8.59. The summed E-state index contributed by atoms with van der Waals surface area (Å²) in [7, 11) is 0. The molecular weight excluding hydrogens is 308 g/mol. The van der Waals surface area contributed by atoms with Crippen molar-refractivity contribution in [2.75, 3.05) is 0 Å². The van der Waals surface area contributed by atoms with Crippen LogP contribution in [0.5, 0.6) is 0 Å². The summed E-state index contributed by atoms with van der Waals surface area (Å²) >= 11 is 0. The van der Waals surface area contributed by atoms with Crippen molar-refractivity contribution in [3.05, 3.63) is 11.6 Å². The Hall–Kier alpha value is -0.630. The first-order chi connectivity index (χ1) is 11.8. The van der Waals surface area contributed by atoms with Gasteiger partial charge in [-0.05, 0) is 119 Å². The van der Waals surface area contributed by atoms with Gasteiger partial charge in [-0.15, -0.1) is 0 Å². The minimum absolute atomic E-state index is 0.242. The monoisotopic (exact) mass is 344 g/mol. The fourth-order valence-corrected chi connectivity index (χ4v) is 7.41. The lowest BCUT2D eigenvalue weighted by Crippen LogP contribution is -2.50. The standard InChI is InChI=1S/C23H36O2/c1-15(24)16-5-4-6-21-20-8-7-17-14-23(3,25)12-10-18(17)19(20)9-11-22(21,2)13-16/h13,17-21,25H,4-12,14H2,1-3H3/t17-,18+,19-,20-,21+,22-,23-/m1/s1. The molecule has 0 heterocycles. The maximum Gasteiger partial charge on any atom is 0.155 e. The number of hydrogen-bond acceptors (Lipinski definition) is 2. The molecule has 0 bridgehead atoms. The highest BCUT2D eigenvalue weighted by Crippen LogP contribution is 2.60. The number of carbonyl (C=O) groups is 1. The van der Waals surface area contributed by atoms with Gasteiger partial charge in [-0.1, -0.05) is 13.0 Å². The van der Waals surface area contributed by atoms with Crippen molar-refractivity contribution in [1.82, 2.24) is 0 Å². The van der Waals surface area contributed by atoms with Crippen molar-refractivity contribution in [3.63, 3.8) is 0 Å². The topological polar surface area (TPSA) is 37.3 Å². The molecule has 2 heteroatoms. The molecule has 4 rings (SSSR count). The van der Waals surface area contributed by atoms with Crippen LogP contribution in [-0.2, 0) is 4.79 Å². The lowest BCUT2D eigenvalue weighted by Gasteiger charge is -2.57. The molecule has 7 atom stereocenters. The number of aliphatic hydroxyl groups is 1. The van der Waals surface area contributed by atoms with Crippen molar-refractivity contribution in [2.45, 2.75) is 90.6 Å². The summed E-state index contributed by atoms with van der Waals surface area (Å²) in [4.78, 5) is 12.0. The Morgan fingerprint density at radius 3 is 2.56 bits per heavy atom. The molecule has 0 aromatic rings. The van der Waals surface area contributed by atoms with E-state index in [1.807, 2.05) is 6.92 Å². The number of ketones is 1. The van der Waals surface area contributed by atoms with Gasteiger partial charge in [0.15, 0.2) is 5.78 Å². The number of rotatable bonds is 1. The second-order valence-electron chi connectivity index (χ2n) is 10.3. The first kappa shape index (κ1) is 17.8. The molecular formula is C23H36O2. The molecule has 3 fully saturated rings. The van der Waals surface area contributed by atoms with E-state index in [9.17, 15) is 9.90 Å². The quantitative estimate of drug-likeness (QED) is 0.701. The SMILES string of the molecule is CC(=O)C1=C[C@@]2(C)CC[C@H]3[C@@H](CC[C@@H]4C[C@](C)(O)CC[C@@H]43)[C@@H]2CCC1. The molecule has 25 heavy (non-hydrogen) atoms. The molecule has 140 valence electrons. The van der Waals surface area contributed by atoms with Crippen molar-refractivity contribution in [3.8, 4) is 0 Å². The van der Waals surface area contributed by atoms with Gasteiger partial charge in [0.1, 0.15) is 0 Å². The maximum absolute atomic E-state index is 12.0. The summed E-state index contributed by atoms with van der Waals surface area (Å²) in [6.45, 7) is 6.24. The van der Waals surface area contributed by atoms with Gasteiger partial charge in [0, 0.05) is 0 Å². The zero-order chi connectivity index (χ0) is 17.8. The van der Waals surface area contributed by atoms with Crippen molar-refractivity contribution in [2.24, 2.45) is 35.0 Å². The van der Waals surface area contributed by atoms with E-state index in [1.54, 1.807) is 6.92 Å². The second kappa shape index (κ2) is 6.22. The van der Waals surface area contributed by atoms with Crippen molar-refractivity contribution >= 4 is 5.78 Å². The summed E-state index contributed by atoms with van der Waals surface area (Å²) in [5, 5.41) is 10.5. The zero-order valence-corrected chi connectivity index (χ0v) is 16.4. The van der Waals surface area contributed by atoms with E-state index >= 15 is 0 Å². The predicted molar refractivity (Wildman–Crippen MR) is 101 cm³/mol. The Kier molecular flexibility index (Phi) is 4.42. The van der Waals surface area contributed by atoms with E-state index < -0.39 is 5.60 Å². The van der Waals surface area contributed by atoms with Gasteiger partial charge >= 0.3 is 0 Å². The molecule has 0 aromatic heterocycles. The van der Waals surface area contributed by atoms with Gasteiger partial charge < -0.3 is 5.11 Å². The zero-order valence-electron chi connectivity index (χ0n) is 16.4. The van der Waals surface area contributed by atoms with E-state index in [1.165, 1.54) is 44.9 Å². The number of fused-ring (bicyclic) bond motifs is 5. The van der Waals surface area contributed by atoms with Gasteiger partial charge in [0.05, 0.1) is 5.60 Å². The van der Waals surface area contributed by atoms with E-state index in [0.29, 0.717) is 5.78 Å². The third kappa shape index (κ3) is 3.13. The molecule has 0 aromatic carbocycles. The highest BCUT2D eigenvalue weighted by Gasteiger charge is 2.52. The Balaban J connectivity index is 1.58. The maximum atomic E-state index is 12.0. The van der Waals surface area contributed by atoms with Crippen molar-refractivity contribution in [1.29, 1.82) is 0 Å². The summed E-state index contributed by atoms with van der Waals surface area (Å²) in [5.74, 6) is 4.39. The minimum atomic E-state index is -0.418. The molecule has 0 spiro atoms. The van der Waals surface area contributed by atoms with Crippen LogP contribution in [0.4, 0.5) is 0 Å². The number of carbonyl (C=O) groups excluding carboxylic acids is 1. The van der Waals surface area contributed by atoms with Crippen LogP contribution in [0.1, 0.15) is 85.0 Å². The molecule has 4 aliphatic rings. The van der Waals surface area contributed by atoms with Crippen LogP contribution in [-0.4, -0.2) is 16.5 Å².